The number of aryl methyl sites for hydroxylation is 2. The van der Waals surface area contributed by atoms with E-state index in [1.165, 1.54) is 11.1 Å². The lowest BCUT2D eigenvalue weighted by atomic mass is 10.1. The van der Waals surface area contributed by atoms with E-state index >= 15 is 0 Å². The Kier molecular flexibility index (Phi) is 5.59. The molecular formula is C20H18BrNOS. The van der Waals surface area contributed by atoms with E-state index in [0.717, 1.165) is 32.3 Å². The molecule has 0 spiro atoms. The topological polar surface area (TPSA) is 25.5 Å². The number of aliphatic imine (C=N–C) groups is 1. The van der Waals surface area contributed by atoms with Gasteiger partial charge in [-0.3, -0.25) is 4.99 Å². The third-order valence-corrected chi connectivity index (χ3v) is 5.46. The summed E-state index contributed by atoms with van der Waals surface area (Å²) in [5, 5.41) is 0.837. The van der Waals surface area contributed by atoms with Gasteiger partial charge in [-0.15, -0.1) is 0 Å². The maximum absolute atomic E-state index is 5.91. The Morgan fingerprint density at radius 1 is 1.12 bits per heavy atom. The van der Waals surface area contributed by atoms with Gasteiger partial charge in [0.15, 0.2) is 5.09 Å². The molecule has 0 amide bonds. The SMILES string of the molecule is CCc1ccccc1N=Cc1cc(Br)c(Sc2ccc(C)cc2)o1. The highest BCUT2D eigenvalue weighted by atomic mass is 79.9. The molecule has 0 aliphatic carbocycles. The van der Waals surface area contributed by atoms with Crippen molar-refractivity contribution in [2.45, 2.75) is 30.3 Å². The van der Waals surface area contributed by atoms with Crippen molar-refractivity contribution in [1.82, 2.24) is 0 Å². The van der Waals surface area contributed by atoms with Gasteiger partial charge in [0.25, 0.3) is 0 Å². The first kappa shape index (κ1) is 17.1. The van der Waals surface area contributed by atoms with Gasteiger partial charge in [-0.1, -0.05) is 54.6 Å². The molecule has 0 saturated heterocycles. The van der Waals surface area contributed by atoms with Gasteiger partial charge in [0.1, 0.15) is 5.76 Å². The van der Waals surface area contributed by atoms with E-state index < -0.39 is 0 Å². The van der Waals surface area contributed by atoms with Crippen LogP contribution in [0.5, 0.6) is 0 Å². The fraction of sp³-hybridized carbons (Fsp3) is 0.150. The van der Waals surface area contributed by atoms with E-state index in [9.17, 15) is 0 Å². The Balaban J connectivity index is 1.78. The molecule has 0 radical (unpaired) electrons. The van der Waals surface area contributed by atoms with Crippen LogP contribution in [0.15, 0.2) is 78.5 Å². The Morgan fingerprint density at radius 2 is 1.88 bits per heavy atom. The fourth-order valence-electron chi connectivity index (χ4n) is 2.28. The lowest BCUT2D eigenvalue weighted by molar-refractivity contribution is 0.466. The Bertz CT molecular complexity index is 852. The Hall–Kier alpha value is -1.78. The summed E-state index contributed by atoms with van der Waals surface area (Å²) in [5.74, 6) is 0.738. The van der Waals surface area contributed by atoms with E-state index in [-0.39, 0.29) is 0 Å². The minimum absolute atomic E-state index is 0.738. The van der Waals surface area contributed by atoms with E-state index in [4.69, 9.17) is 4.42 Å². The molecule has 3 aromatic rings. The average molecular weight is 400 g/mol. The minimum atomic E-state index is 0.738. The van der Waals surface area contributed by atoms with E-state index in [1.54, 1.807) is 18.0 Å². The van der Waals surface area contributed by atoms with Crippen LogP contribution < -0.4 is 0 Å². The fourth-order valence-corrected chi connectivity index (χ4v) is 3.61. The van der Waals surface area contributed by atoms with Crippen molar-refractivity contribution in [2.24, 2.45) is 4.99 Å². The molecule has 24 heavy (non-hydrogen) atoms. The van der Waals surface area contributed by atoms with Gasteiger partial charge < -0.3 is 4.42 Å². The second-order valence-corrected chi connectivity index (χ2v) is 7.34. The summed E-state index contributed by atoms with van der Waals surface area (Å²) in [5.41, 5.74) is 3.47. The predicted octanol–water partition coefficient (Wildman–Crippen LogP) is 6.81. The van der Waals surface area contributed by atoms with Crippen LogP contribution in [0.2, 0.25) is 0 Å². The summed E-state index contributed by atoms with van der Waals surface area (Å²) < 4.78 is 6.85. The van der Waals surface area contributed by atoms with E-state index in [2.05, 4.69) is 65.1 Å². The van der Waals surface area contributed by atoms with Gasteiger partial charge in [0.2, 0.25) is 0 Å². The van der Waals surface area contributed by atoms with E-state index in [0.29, 0.717) is 0 Å². The molecular weight excluding hydrogens is 382 g/mol. The van der Waals surface area contributed by atoms with Gasteiger partial charge in [-0.2, -0.15) is 0 Å². The third-order valence-electron chi connectivity index (χ3n) is 3.61. The number of furan rings is 1. The molecule has 3 rings (SSSR count). The normalized spacial score (nSPS) is 11.3. The molecule has 0 bridgehead atoms. The number of hydrogen-bond acceptors (Lipinski definition) is 3. The Labute approximate surface area is 155 Å². The number of benzene rings is 2. The smallest absolute Gasteiger partial charge is 0.179 e. The zero-order valence-electron chi connectivity index (χ0n) is 13.6. The molecule has 4 heteroatoms. The molecule has 122 valence electrons. The van der Waals surface area contributed by atoms with E-state index in [1.807, 2.05) is 24.3 Å². The monoisotopic (exact) mass is 399 g/mol. The molecule has 0 aliphatic heterocycles. The van der Waals surface area contributed by atoms with Crippen molar-refractivity contribution < 1.29 is 4.42 Å². The first-order valence-electron chi connectivity index (χ1n) is 7.81. The van der Waals surface area contributed by atoms with Crippen molar-refractivity contribution in [3.8, 4) is 0 Å². The minimum Gasteiger partial charge on any atom is -0.447 e. The van der Waals surface area contributed by atoms with Crippen LogP contribution in [0.3, 0.4) is 0 Å². The number of nitrogens with zero attached hydrogens (tertiary/aromatic N) is 1. The van der Waals surface area contributed by atoms with Crippen LogP contribution in [-0.4, -0.2) is 6.21 Å². The van der Waals surface area contributed by atoms with Gasteiger partial charge >= 0.3 is 0 Å². The van der Waals surface area contributed by atoms with Crippen molar-refractivity contribution in [3.63, 3.8) is 0 Å². The van der Waals surface area contributed by atoms with Crippen molar-refractivity contribution in [3.05, 3.63) is 76.0 Å². The summed E-state index contributed by atoms with van der Waals surface area (Å²) in [7, 11) is 0. The zero-order valence-corrected chi connectivity index (χ0v) is 16.0. The summed E-state index contributed by atoms with van der Waals surface area (Å²) in [6, 6.07) is 18.5. The molecule has 0 unspecified atom stereocenters. The second kappa shape index (κ2) is 7.86. The number of rotatable bonds is 5. The molecule has 2 aromatic carbocycles. The standard InChI is InChI=1S/C20H18BrNOS/c1-3-15-6-4-5-7-19(15)22-13-16-12-18(21)20(23-16)24-17-10-8-14(2)9-11-17/h4-13H,3H2,1-2H3. The molecule has 0 saturated carbocycles. The van der Waals surface area contributed by atoms with Crippen molar-refractivity contribution >= 4 is 39.6 Å². The summed E-state index contributed by atoms with van der Waals surface area (Å²) in [4.78, 5) is 5.72. The van der Waals surface area contributed by atoms with Crippen LogP contribution in [0.1, 0.15) is 23.8 Å². The second-order valence-electron chi connectivity index (χ2n) is 5.44. The molecule has 0 atom stereocenters. The Morgan fingerprint density at radius 3 is 2.62 bits per heavy atom. The first-order chi connectivity index (χ1) is 11.7. The third kappa shape index (κ3) is 4.19. The van der Waals surface area contributed by atoms with Crippen LogP contribution >= 0.6 is 27.7 Å². The summed E-state index contributed by atoms with van der Waals surface area (Å²) >= 11 is 5.17. The highest BCUT2D eigenvalue weighted by Crippen LogP contribution is 2.35. The highest BCUT2D eigenvalue weighted by molar-refractivity contribution is 9.10. The quantitative estimate of drug-likeness (QED) is 0.440. The van der Waals surface area contributed by atoms with Gasteiger partial charge in [-0.25, -0.2) is 0 Å². The van der Waals surface area contributed by atoms with Crippen LogP contribution in [0, 0.1) is 6.92 Å². The molecule has 1 heterocycles. The summed E-state index contributed by atoms with van der Waals surface area (Å²) in [6.45, 7) is 4.22. The highest BCUT2D eigenvalue weighted by Gasteiger charge is 2.10. The molecule has 2 nitrogen and oxygen atoms in total. The van der Waals surface area contributed by atoms with Crippen molar-refractivity contribution in [2.75, 3.05) is 0 Å². The number of hydrogen-bond donors (Lipinski definition) is 0. The van der Waals surface area contributed by atoms with Gasteiger partial charge in [0, 0.05) is 11.0 Å². The molecule has 1 aromatic heterocycles. The van der Waals surface area contributed by atoms with Crippen LogP contribution in [0.25, 0.3) is 0 Å². The molecule has 0 aliphatic rings. The van der Waals surface area contributed by atoms with Crippen LogP contribution in [-0.2, 0) is 6.42 Å². The van der Waals surface area contributed by atoms with Gasteiger partial charge in [-0.05, 0) is 53.0 Å². The lowest BCUT2D eigenvalue weighted by Gasteiger charge is -2.00. The van der Waals surface area contributed by atoms with Crippen molar-refractivity contribution in [1.29, 1.82) is 0 Å². The maximum atomic E-state index is 5.91. The number of para-hydroxylation sites is 1. The largest absolute Gasteiger partial charge is 0.447 e. The lowest BCUT2D eigenvalue weighted by Crippen LogP contribution is -1.81. The maximum Gasteiger partial charge on any atom is 0.179 e. The van der Waals surface area contributed by atoms with Gasteiger partial charge in [0.05, 0.1) is 16.4 Å². The molecule has 0 N–H and O–H groups in total. The first-order valence-corrected chi connectivity index (χ1v) is 9.42. The zero-order chi connectivity index (χ0) is 16.9. The predicted molar refractivity (Wildman–Crippen MR) is 105 cm³/mol. The van der Waals surface area contributed by atoms with Crippen LogP contribution in [0.4, 0.5) is 5.69 Å². The molecule has 0 fully saturated rings. The summed E-state index contributed by atoms with van der Waals surface area (Å²) in [6.07, 6.45) is 2.74. The average Bonchev–Trinajstić information content (AvgIpc) is 2.95. The number of halogens is 1.